The molecule has 0 atom stereocenters. The van der Waals surface area contributed by atoms with Crippen molar-refractivity contribution in [2.24, 2.45) is 0 Å². The lowest BCUT2D eigenvalue weighted by Crippen LogP contribution is -2.17. The van der Waals surface area contributed by atoms with Crippen LogP contribution in [0, 0.1) is 13.8 Å². The van der Waals surface area contributed by atoms with Gasteiger partial charge < -0.3 is 14.8 Å². The molecule has 0 aliphatic carbocycles. The normalized spacial score (nSPS) is 11.3. The number of aryl methyl sites for hydroxylation is 2. The van der Waals surface area contributed by atoms with Crippen molar-refractivity contribution >= 4 is 38.4 Å². The molecule has 1 aromatic heterocycles. The summed E-state index contributed by atoms with van der Waals surface area (Å²) in [4.78, 5) is 9.35. The number of nitrogens with one attached hydrogen (secondary N) is 2. The zero-order valence-electron chi connectivity index (χ0n) is 18.7. The van der Waals surface area contributed by atoms with Crippen LogP contribution in [-0.2, 0) is 10.0 Å². The number of rotatable bonds is 7. The Morgan fingerprint density at radius 2 is 1.52 bits per heavy atom. The maximum absolute atomic E-state index is 13.3. The number of methoxy groups -OCH3 is 2. The lowest BCUT2D eigenvalue weighted by molar-refractivity contribution is 0.395. The van der Waals surface area contributed by atoms with Crippen LogP contribution >= 0.6 is 0 Å². The van der Waals surface area contributed by atoms with Crippen LogP contribution < -0.4 is 19.5 Å². The maximum atomic E-state index is 13.3. The third-order valence-corrected chi connectivity index (χ3v) is 6.58. The van der Waals surface area contributed by atoms with E-state index in [1.165, 1.54) is 7.11 Å². The van der Waals surface area contributed by atoms with Gasteiger partial charge in [0.1, 0.15) is 11.5 Å². The van der Waals surface area contributed by atoms with Gasteiger partial charge in [-0.1, -0.05) is 24.3 Å². The Morgan fingerprint density at radius 3 is 2.18 bits per heavy atom. The van der Waals surface area contributed by atoms with E-state index < -0.39 is 10.0 Å². The molecular weight excluding hydrogens is 440 g/mol. The molecule has 33 heavy (non-hydrogen) atoms. The van der Waals surface area contributed by atoms with Crippen LogP contribution in [0.25, 0.3) is 11.0 Å². The zero-order valence-corrected chi connectivity index (χ0v) is 19.5. The van der Waals surface area contributed by atoms with Gasteiger partial charge in [0, 0.05) is 6.07 Å². The number of hydrogen-bond acceptors (Lipinski definition) is 7. The van der Waals surface area contributed by atoms with Gasteiger partial charge in [-0.05, 0) is 55.3 Å². The van der Waals surface area contributed by atoms with E-state index in [0.29, 0.717) is 33.8 Å². The number of anilines is 3. The van der Waals surface area contributed by atoms with Crippen molar-refractivity contribution in [1.82, 2.24) is 9.97 Å². The van der Waals surface area contributed by atoms with Crippen LogP contribution in [0.15, 0.2) is 65.6 Å². The summed E-state index contributed by atoms with van der Waals surface area (Å²) in [5, 5.41) is 3.15. The van der Waals surface area contributed by atoms with Gasteiger partial charge >= 0.3 is 0 Å². The van der Waals surface area contributed by atoms with E-state index in [4.69, 9.17) is 9.47 Å². The molecule has 3 aromatic carbocycles. The Kier molecular flexibility index (Phi) is 6.06. The second-order valence-corrected chi connectivity index (χ2v) is 9.13. The van der Waals surface area contributed by atoms with Crippen molar-refractivity contribution in [1.29, 1.82) is 0 Å². The van der Waals surface area contributed by atoms with Crippen molar-refractivity contribution in [3.63, 3.8) is 0 Å². The lowest BCUT2D eigenvalue weighted by atomic mass is 10.2. The minimum atomic E-state index is -3.92. The maximum Gasteiger partial charge on any atom is 0.263 e. The first kappa shape index (κ1) is 22.3. The molecule has 170 valence electrons. The molecule has 0 saturated heterocycles. The third kappa shape index (κ3) is 4.68. The van der Waals surface area contributed by atoms with Gasteiger partial charge in [0.15, 0.2) is 11.6 Å². The minimum Gasteiger partial charge on any atom is -0.497 e. The van der Waals surface area contributed by atoms with Gasteiger partial charge in [-0.2, -0.15) is 0 Å². The highest BCUT2D eigenvalue weighted by Gasteiger charge is 2.21. The Morgan fingerprint density at radius 1 is 0.818 bits per heavy atom. The fraction of sp³-hybridized carbons (Fsp3) is 0.167. The molecule has 0 fully saturated rings. The van der Waals surface area contributed by atoms with Crippen molar-refractivity contribution < 1.29 is 17.9 Å². The Bertz CT molecular complexity index is 1440. The van der Waals surface area contributed by atoms with Crippen LogP contribution in [0.3, 0.4) is 0 Å². The predicted octanol–water partition coefficient (Wildman–Crippen LogP) is 4.81. The predicted molar refractivity (Wildman–Crippen MR) is 129 cm³/mol. The molecule has 2 N–H and O–H groups in total. The zero-order chi connectivity index (χ0) is 23.6. The Hall–Kier alpha value is -3.85. The molecule has 0 aliphatic rings. The molecule has 0 spiro atoms. The summed E-state index contributed by atoms with van der Waals surface area (Å²) in [5.74, 6) is 1.45. The highest BCUT2D eigenvalue weighted by Crippen LogP contribution is 2.34. The highest BCUT2D eigenvalue weighted by atomic mass is 32.2. The summed E-state index contributed by atoms with van der Waals surface area (Å²) >= 11 is 0. The largest absolute Gasteiger partial charge is 0.497 e. The van der Waals surface area contributed by atoms with E-state index in [0.717, 1.165) is 5.56 Å². The standard InChI is InChI=1S/C24H24N4O4S/c1-15-9-10-16(2)22(13-15)33(29,30)28-24-23(25-18-7-5-6-8-19(18)26-24)27-20-12-11-17(31-3)14-21(20)32-4/h5-14H,1-4H3,(H,25,27)(H,26,28). The van der Waals surface area contributed by atoms with Crippen LogP contribution in [0.1, 0.15) is 11.1 Å². The van der Waals surface area contributed by atoms with Gasteiger partial charge in [-0.3, -0.25) is 4.72 Å². The number of para-hydroxylation sites is 2. The molecule has 4 rings (SSSR count). The fourth-order valence-electron chi connectivity index (χ4n) is 3.37. The molecule has 0 unspecified atom stereocenters. The summed E-state index contributed by atoms with van der Waals surface area (Å²) in [5.41, 5.74) is 3.22. The number of benzene rings is 3. The summed E-state index contributed by atoms with van der Waals surface area (Å²) in [7, 11) is -0.816. The van der Waals surface area contributed by atoms with Gasteiger partial charge in [-0.25, -0.2) is 18.4 Å². The van der Waals surface area contributed by atoms with E-state index in [9.17, 15) is 8.42 Å². The summed E-state index contributed by atoms with van der Waals surface area (Å²) < 4.78 is 39.9. The molecule has 1 heterocycles. The highest BCUT2D eigenvalue weighted by molar-refractivity contribution is 7.92. The van der Waals surface area contributed by atoms with Crippen LogP contribution in [0.5, 0.6) is 11.5 Å². The second-order valence-electron chi connectivity index (χ2n) is 7.48. The number of fused-ring (bicyclic) bond motifs is 1. The van der Waals surface area contributed by atoms with Crippen LogP contribution in [0.2, 0.25) is 0 Å². The van der Waals surface area contributed by atoms with Crippen LogP contribution in [0.4, 0.5) is 17.3 Å². The molecule has 9 heteroatoms. The molecule has 8 nitrogen and oxygen atoms in total. The average Bonchev–Trinajstić information content (AvgIpc) is 2.81. The van der Waals surface area contributed by atoms with E-state index in [1.807, 2.05) is 31.2 Å². The third-order valence-electron chi connectivity index (χ3n) is 5.10. The number of nitrogens with zero attached hydrogens (tertiary/aromatic N) is 2. The number of hydrogen-bond donors (Lipinski definition) is 2. The summed E-state index contributed by atoms with van der Waals surface area (Å²) in [6.07, 6.45) is 0. The van der Waals surface area contributed by atoms with E-state index >= 15 is 0 Å². The lowest BCUT2D eigenvalue weighted by Gasteiger charge is -2.16. The number of sulfonamides is 1. The van der Waals surface area contributed by atoms with Crippen molar-refractivity contribution in [3.8, 4) is 11.5 Å². The quantitative estimate of drug-likeness (QED) is 0.405. The molecule has 0 aliphatic heterocycles. The van der Waals surface area contributed by atoms with Gasteiger partial charge in [-0.15, -0.1) is 0 Å². The SMILES string of the molecule is COc1ccc(Nc2nc3ccccc3nc2NS(=O)(=O)c2cc(C)ccc2C)c(OC)c1. The molecule has 0 radical (unpaired) electrons. The first-order chi connectivity index (χ1) is 15.8. The minimum absolute atomic E-state index is 0.0764. The topological polar surface area (TPSA) is 102 Å². The first-order valence-electron chi connectivity index (χ1n) is 10.2. The van der Waals surface area contributed by atoms with Gasteiger partial charge in [0.25, 0.3) is 10.0 Å². The van der Waals surface area contributed by atoms with Gasteiger partial charge in [0.2, 0.25) is 0 Å². The molecule has 0 amide bonds. The summed E-state index contributed by atoms with van der Waals surface area (Å²) in [6.45, 7) is 3.60. The average molecular weight is 465 g/mol. The van der Waals surface area contributed by atoms with Crippen LogP contribution in [-0.4, -0.2) is 32.6 Å². The summed E-state index contributed by atoms with van der Waals surface area (Å²) in [6, 6.07) is 17.8. The van der Waals surface area contributed by atoms with Gasteiger partial charge in [0.05, 0.1) is 35.8 Å². The molecule has 4 aromatic rings. The molecular formula is C24H24N4O4S. The fourth-order valence-corrected chi connectivity index (χ4v) is 4.71. The van der Waals surface area contributed by atoms with E-state index in [-0.39, 0.29) is 16.5 Å². The second kappa shape index (κ2) is 8.95. The monoisotopic (exact) mass is 464 g/mol. The molecule has 0 bridgehead atoms. The first-order valence-corrected chi connectivity index (χ1v) is 11.6. The smallest absolute Gasteiger partial charge is 0.263 e. The Labute approximate surface area is 192 Å². The van der Waals surface area contributed by atoms with E-state index in [2.05, 4.69) is 20.0 Å². The van der Waals surface area contributed by atoms with E-state index in [1.54, 1.807) is 50.4 Å². The Balaban J connectivity index is 1.81. The van der Waals surface area contributed by atoms with Crippen molar-refractivity contribution in [2.45, 2.75) is 18.7 Å². The molecule has 0 saturated carbocycles. The number of ether oxygens (including phenoxy) is 2. The van der Waals surface area contributed by atoms with Crippen molar-refractivity contribution in [3.05, 3.63) is 71.8 Å². The number of aromatic nitrogens is 2. The van der Waals surface area contributed by atoms with Crippen molar-refractivity contribution in [2.75, 3.05) is 24.3 Å².